The Morgan fingerprint density at radius 2 is 1.80 bits per heavy atom. The van der Waals surface area contributed by atoms with Gasteiger partial charge < -0.3 is 26.5 Å². The molecule has 0 N–H and O–H groups in total. The first-order chi connectivity index (χ1) is 11.1. The van der Waals surface area contributed by atoms with Crippen molar-refractivity contribution in [2.75, 3.05) is 6.61 Å². The van der Waals surface area contributed by atoms with Crippen molar-refractivity contribution in [3.63, 3.8) is 0 Å². The molecular weight excluding hydrogens is 365 g/mol. The first-order valence-electron chi connectivity index (χ1n) is 7.79. The van der Waals surface area contributed by atoms with Gasteiger partial charge in [0.1, 0.15) is 11.3 Å². The number of aryl methyl sites for hydroxylation is 2. The summed E-state index contributed by atoms with van der Waals surface area (Å²) in [5, 5.41) is 0. The van der Waals surface area contributed by atoms with E-state index in [1.807, 2.05) is 19.9 Å². The molecule has 0 aliphatic heterocycles. The molecule has 0 radical (unpaired) electrons. The third-order valence-corrected chi connectivity index (χ3v) is 3.78. The molecule has 25 heavy (non-hydrogen) atoms. The standard InChI is InChI=1S/C18H23NO4S.K/c1-7-22-17(21)14-15(24)12(16(20)23-18(4,5)6)13-11(3)8-10(2)9-19(13)14;/h8-9,24H,7H2,1-6H3;/q;+1/p-1. The molecule has 0 aliphatic carbocycles. The fourth-order valence-corrected chi connectivity index (χ4v) is 3.01. The molecule has 0 atom stereocenters. The van der Waals surface area contributed by atoms with Crippen LogP contribution in [0.5, 0.6) is 0 Å². The summed E-state index contributed by atoms with van der Waals surface area (Å²) in [6, 6.07) is 1.94. The van der Waals surface area contributed by atoms with E-state index in [0.717, 1.165) is 11.1 Å². The van der Waals surface area contributed by atoms with Crippen molar-refractivity contribution < 1.29 is 70.4 Å². The molecule has 0 spiro atoms. The quantitative estimate of drug-likeness (QED) is 0.439. The smallest absolute Gasteiger partial charge is 0.777 e. The molecular formula is C18H22KNO4S. The minimum Gasteiger partial charge on any atom is -0.777 e. The van der Waals surface area contributed by atoms with E-state index in [2.05, 4.69) is 0 Å². The van der Waals surface area contributed by atoms with Gasteiger partial charge in [-0.2, -0.15) is 0 Å². The van der Waals surface area contributed by atoms with E-state index in [1.165, 1.54) is 0 Å². The largest absolute Gasteiger partial charge is 1.00 e. The molecule has 0 unspecified atom stereocenters. The molecule has 0 aliphatic rings. The van der Waals surface area contributed by atoms with Gasteiger partial charge in [-0.05, 0) is 52.7 Å². The number of carbonyl (C=O) groups excluding carboxylic acids is 2. The molecule has 2 rings (SSSR count). The summed E-state index contributed by atoms with van der Waals surface area (Å²) in [4.78, 5) is 25.2. The molecule has 2 heterocycles. The van der Waals surface area contributed by atoms with Gasteiger partial charge in [-0.1, -0.05) is 6.07 Å². The van der Waals surface area contributed by atoms with Gasteiger partial charge in [0.2, 0.25) is 0 Å². The zero-order chi connectivity index (χ0) is 18.2. The number of hydrogen-bond acceptors (Lipinski definition) is 5. The minimum atomic E-state index is -0.657. The summed E-state index contributed by atoms with van der Waals surface area (Å²) in [7, 11) is 0. The van der Waals surface area contributed by atoms with Crippen molar-refractivity contribution in [2.24, 2.45) is 0 Å². The van der Waals surface area contributed by atoms with Gasteiger partial charge in [0.05, 0.1) is 17.7 Å². The second-order valence-electron chi connectivity index (χ2n) is 6.69. The van der Waals surface area contributed by atoms with Gasteiger partial charge in [0, 0.05) is 6.20 Å². The summed E-state index contributed by atoms with van der Waals surface area (Å²) in [5.41, 5.74) is 2.15. The maximum absolute atomic E-state index is 12.7. The second-order valence-corrected chi connectivity index (χ2v) is 7.10. The predicted octanol–water partition coefficient (Wildman–Crippen LogP) is 0.598. The van der Waals surface area contributed by atoms with Crippen LogP contribution in [0.3, 0.4) is 0 Å². The fraction of sp³-hybridized carbons (Fsp3) is 0.444. The average molecular weight is 388 g/mol. The molecule has 0 bridgehead atoms. The fourth-order valence-electron chi connectivity index (χ4n) is 2.64. The first-order valence-corrected chi connectivity index (χ1v) is 8.20. The SMILES string of the molecule is CCOC(=O)c1c([S-])c(C(=O)OC(C)(C)C)c2c(C)cc(C)cn12.[K+]. The van der Waals surface area contributed by atoms with Crippen molar-refractivity contribution in [1.29, 1.82) is 0 Å². The van der Waals surface area contributed by atoms with E-state index >= 15 is 0 Å². The zero-order valence-electron chi connectivity index (χ0n) is 15.9. The third-order valence-electron chi connectivity index (χ3n) is 3.38. The van der Waals surface area contributed by atoms with Crippen LogP contribution in [0, 0.1) is 13.8 Å². The van der Waals surface area contributed by atoms with Gasteiger partial charge in [0.15, 0.2) is 0 Å². The first kappa shape index (κ1) is 22.6. The third kappa shape index (κ3) is 4.84. The van der Waals surface area contributed by atoms with E-state index in [1.54, 1.807) is 38.3 Å². The van der Waals surface area contributed by atoms with E-state index < -0.39 is 17.5 Å². The van der Waals surface area contributed by atoms with Crippen LogP contribution >= 0.6 is 0 Å². The van der Waals surface area contributed by atoms with Crippen molar-refractivity contribution in [2.45, 2.75) is 52.0 Å². The molecule has 5 nitrogen and oxygen atoms in total. The van der Waals surface area contributed by atoms with Gasteiger partial charge in [-0.15, -0.1) is 4.90 Å². The number of rotatable bonds is 3. The number of ether oxygens (including phenoxy) is 2. The zero-order valence-corrected chi connectivity index (χ0v) is 19.8. The van der Waals surface area contributed by atoms with Crippen LogP contribution in [0.1, 0.15) is 59.7 Å². The monoisotopic (exact) mass is 387 g/mol. The van der Waals surface area contributed by atoms with Crippen LogP contribution in [0.25, 0.3) is 5.52 Å². The number of nitrogens with zero attached hydrogens (tertiary/aromatic N) is 1. The van der Waals surface area contributed by atoms with Gasteiger partial charge in [0.25, 0.3) is 0 Å². The van der Waals surface area contributed by atoms with Gasteiger partial charge >= 0.3 is 63.3 Å². The van der Waals surface area contributed by atoms with Crippen molar-refractivity contribution in [3.05, 3.63) is 34.6 Å². The molecule has 0 aromatic carbocycles. The summed E-state index contributed by atoms with van der Waals surface area (Å²) >= 11 is 5.43. The van der Waals surface area contributed by atoms with Crippen LogP contribution < -0.4 is 51.4 Å². The Morgan fingerprint density at radius 1 is 1.20 bits per heavy atom. The maximum Gasteiger partial charge on any atom is 1.00 e. The predicted molar refractivity (Wildman–Crippen MR) is 93.6 cm³/mol. The van der Waals surface area contributed by atoms with Gasteiger partial charge in [-0.3, -0.25) is 0 Å². The molecule has 0 saturated carbocycles. The molecule has 2 aromatic rings. The van der Waals surface area contributed by atoms with E-state index in [4.69, 9.17) is 22.1 Å². The van der Waals surface area contributed by atoms with Crippen LogP contribution in [-0.2, 0) is 22.1 Å². The molecule has 7 heteroatoms. The molecule has 0 fully saturated rings. The van der Waals surface area contributed by atoms with Crippen LogP contribution in [0.2, 0.25) is 0 Å². The number of hydrogen-bond donors (Lipinski definition) is 0. The van der Waals surface area contributed by atoms with Crippen molar-refractivity contribution in [1.82, 2.24) is 4.40 Å². The topological polar surface area (TPSA) is 57.0 Å². The van der Waals surface area contributed by atoms with E-state index in [-0.39, 0.29) is 74.1 Å². The Hall–Kier alpha value is -0.444. The average Bonchev–Trinajstić information content (AvgIpc) is 2.69. The molecule has 0 saturated heterocycles. The van der Waals surface area contributed by atoms with Crippen LogP contribution in [0.4, 0.5) is 0 Å². The molecule has 2 aromatic heterocycles. The molecule has 130 valence electrons. The number of pyridine rings is 1. The summed E-state index contributed by atoms with van der Waals surface area (Å²) < 4.78 is 12.2. The summed E-state index contributed by atoms with van der Waals surface area (Å²) in [6.45, 7) is 11.1. The maximum atomic E-state index is 12.7. The Bertz CT molecular complexity index is 821. The van der Waals surface area contributed by atoms with E-state index in [0.29, 0.717) is 5.52 Å². The number of fused-ring (bicyclic) bond motifs is 1. The Kier molecular flexibility index (Phi) is 7.68. The summed E-state index contributed by atoms with van der Waals surface area (Å²) in [6.07, 6.45) is 1.78. The van der Waals surface area contributed by atoms with Gasteiger partial charge in [-0.25, -0.2) is 9.59 Å². The van der Waals surface area contributed by atoms with Crippen LogP contribution in [0.15, 0.2) is 17.2 Å². The van der Waals surface area contributed by atoms with Crippen molar-refractivity contribution in [3.8, 4) is 0 Å². The van der Waals surface area contributed by atoms with E-state index in [9.17, 15) is 9.59 Å². The number of carbonyl (C=O) groups is 2. The second kappa shape index (κ2) is 8.50. The number of aromatic nitrogens is 1. The van der Waals surface area contributed by atoms with Crippen molar-refractivity contribution >= 4 is 30.1 Å². The minimum absolute atomic E-state index is 0. The molecule has 0 amide bonds. The summed E-state index contributed by atoms with van der Waals surface area (Å²) in [5.74, 6) is -1.08. The van der Waals surface area contributed by atoms with Crippen LogP contribution in [-0.4, -0.2) is 28.5 Å². The Labute approximate surface area is 196 Å². The Morgan fingerprint density at radius 3 is 2.32 bits per heavy atom. The Balaban J connectivity index is 0.00000312. The normalized spacial score (nSPS) is 11.1. The number of esters is 2.